The number of hydrogen-bond donors (Lipinski definition) is 1. The second kappa shape index (κ2) is 8.34. The molecule has 0 bridgehead atoms. The molecule has 0 aliphatic heterocycles. The molecule has 0 atom stereocenters. The van der Waals surface area contributed by atoms with Crippen LogP contribution in [0.25, 0.3) is 0 Å². The van der Waals surface area contributed by atoms with E-state index in [1.807, 2.05) is 32.9 Å². The Morgan fingerprint density at radius 1 is 1.08 bits per heavy atom. The number of carbonyl (C=O) groups excluding carboxylic acids is 1. The fraction of sp³-hybridized carbons (Fsp3) is 0.450. The molecular weight excluding hydrogens is 318 g/mol. The summed E-state index contributed by atoms with van der Waals surface area (Å²) in [5, 5.41) is 0.559. The van der Waals surface area contributed by atoms with Gasteiger partial charge in [-0.2, -0.15) is 0 Å². The highest BCUT2D eigenvalue weighted by Gasteiger charge is 2.21. The third-order valence-corrected chi connectivity index (χ3v) is 4.69. The number of esters is 1. The highest BCUT2D eigenvalue weighted by atomic mass is 32.1. The highest BCUT2D eigenvalue weighted by molar-refractivity contribution is 7.16. The van der Waals surface area contributed by atoms with Gasteiger partial charge in [-0.05, 0) is 58.1 Å². The van der Waals surface area contributed by atoms with E-state index in [0.29, 0.717) is 10.6 Å². The molecule has 1 aromatic carbocycles. The van der Waals surface area contributed by atoms with Gasteiger partial charge < -0.3 is 10.5 Å². The molecule has 0 fully saturated rings. The summed E-state index contributed by atoms with van der Waals surface area (Å²) in [5.74, 6) is -0.327. The summed E-state index contributed by atoms with van der Waals surface area (Å²) in [4.78, 5) is 13.3. The molecule has 1 aromatic heterocycles. The Kier molecular flexibility index (Phi) is 6.44. The molecule has 2 rings (SSSR count). The van der Waals surface area contributed by atoms with Crippen LogP contribution in [0.5, 0.6) is 0 Å². The van der Waals surface area contributed by atoms with E-state index in [2.05, 4.69) is 24.3 Å². The maximum absolute atomic E-state index is 12.1. The zero-order valence-corrected chi connectivity index (χ0v) is 15.6. The van der Waals surface area contributed by atoms with Gasteiger partial charge in [0.1, 0.15) is 10.6 Å². The molecule has 0 aliphatic carbocycles. The van der Waals surface area contributed by atoms with Gasteiger partial charge >= 0.3 is 5.97 Å². The Hall–Kier alpha value is -1.81. The third kappa shape index (κ3) is 6.00. The van der Waals surface area contributed by atoms with Gasteiger partial charge in [0.05, 0.1) is 5.56 Å². The first kappa shape index (κ1) is 18.5. The minimum Gasteiger partial charge on any atom is -0.456 e. The Morgan fingerprint density at radius 3 is 2.42 bits per heavy atom. The lowest BCUT2D eigenvalue weighted by Gasteiger charge is -2.19. The fourth-order valence-electron chi connectivity index (χ4n) is 2.52. The zero-order valence-electron chi connectivity index (χ0n) is 14.8. The average molecular weight is 346 g/mol. The largest absolute Gasteiger partial charge is 0.456 e. The number of ether oxygens (including phenoxy) is 1. The van der Waals surface area contributed by atoms with Gasteiger partial charge in [-0.3, -0.25) is 0 Å². The summed E-state index contributed by atoms with van der Waals surface area (Å²) in [7, 11) is 0. The lowest BCUT2D eigenvalue weighted by Crippen LogP contribution is -2.24. The van der Waals surface area contributed by atoms with Gasteiger partial charge in [-0.25, -0.2) is 4.79 Å². The van der Waals surface area contributed by atoms with Crippen molar-refractivity contribution in [2.24, 2.45) is 0 Å². The number of rotatable bonds is 7. The van der Waals surface area contributed by atoms with Crippen LogP contribution >= 0.6 is 11.3 Å². The molecule has 0 unspecified atom stereocenters. The van der Waals surface area contributed by atoms with Crippen LogP contribution in [0.1, 0.15) is 60.8 Å². The topological polar surface area (TPSA) is 52.3 Å². The number of nitrogens with two attached hydrogens (primary N) is 1. The van der Waals surface area contributed by atoms with Crippen LogP contribution in [-0.4, -0.2) is 11.6 Å². The summed E-state index contributed by atoms with van der Waals surface area (Å²) in [6.07, 6.45) is 5.56. The first-order chi connectivity index (χ1) is 11.3. The van der Waals surface area contributed by atoms with Crippen molar-refractivity contribution in [1.82, 2.24) is 0 Å². The van der Waals surface area contributed by atoms with Crippen LogP contribution in [0.15, 0.2) is 36.4 Å². The van der Waals surface area contributed by atoms with Crippen LogP contribution in [0, 0.1) is 0 Å². The van der Waals surface area contributed by atoms with Crippen LogP contribution < -0.4 is 5.73 Å². The van der Waals surface area contributed by atoms with Crippen molar-refractivity contribution in [3.8, 4) is 0 Å². The molecular formula is C20H27NO2S. The summed E-state index contributed by atoms with van der Waals surface area (Å²) >= 11 is 1.50. The molecule has 0 amide bonds. The van der Waals surface area contributed by atoms with Gasteiger partial charge in [0.15, 0.2) is 0 Å². The SMILES string of the molecule is CC(C)(C)OC(=O)c1cc(CCCCCc2ccccc2)sc1N. The van der Waals surface area contributed by atoms with Crippen molar-refractivity contribution in [3.63, 3.8) is 0 Å². The quantitative estimate of drug-likeness (QED) is 0.551. The predicted octanol–water partition coefficient (Wildman–Crippen LogP) is 5.24. The standard InChI is InChI=1S/C20H27NO2S/c1-20(2,3)23-19(22)17-14-16(24-18(17)21)13-9-5-8-12-15-10-6-4-7-11-15/h4,6-7,10-11,14H,5,8-9,12-13,21H2,1-3H3. The lowest BCUT2D eigenvalue weighted by molar-refractivity contribution is 0.00712. The number of anilines is 1. The molecule has 0 radical (unpaired) electrons. The van der Waals surface area contributed by atoms with E-state index < -0.39 is 5.60 Å². The third-order valence-electron chi connectivity index (χ3n) is 3.66. The van der Waals surface area contributed by atoms with Crippen LogP contribution in [-0.2, 0) is 17.6 Å². The molecule has 0 aliphatic rings. The summed E-state index contributed by atoms with van der Waals surface area (Å²) in [6, 6.07) is 12.5. The Labute approximate surface area is 148 Å². The van der Waals surface area contributed by atoms with E-state index >= 15 is 0 Å². The van der Waals surface area contributed by atoms with Gasteiger partial charge in [-0.15, -0.1) is 11.3 Å². The van der Waals surface area contributed by atoms with Crippen LogP contribution in [0.3, 0.4) is 0 Å². The molecule has 4 heteroatoms. The molecule has 130 valence electrons. The average Bonchev–Trinajstić information content (AvgIpc) is 2.87. The number of unbranched alkanes of at least 4 members (excludes halogenated alkanes) is 2. The van der Waals surface area contributed by atoms with Crippen LogP contribution in [0.2, 0.25) is 0 Å². The van der Waals surface area contributed by atoms with Crippen molar-refractivity contribution in [3.05, 3.63) is 52.4 Å². The molecule has 0 spiro atoms. The van der Waals surface area contributed by atoms with E-state index in [9.17, 15) is 4.79 Å². The number of benzene rings is 1. The van der Waals surface area contributed by atoms with Crippen LogP contribution in [0.4, 0.5) is 5.00 Å². The first-order valence-corrected chi connectivity index (χ1v) is 9.32. The normalized spacial score (nSPS) is 11.5. The number of carbonyl (C=O) groups is 1. The first-order valence-electron chi connectivity index (χ1n) is 8.50. The van der Waals surface area contributed by atoms with Gasteiger partial charge in [0.2, 0.25) is 0 Å². The van der Waals surface area contributed by atoms with E-state index in [1.165, 1.54) is 29.7 Å². The monoisotopic (exact) mass is 345 g/mol. The number of nitrogen functional groups attached to an aromatic ring is 1. The molecule has 2 aromatic rings. The molecule has 0 saturated carbocycles. The van der Waals surface area contributed by atoms with E-state index in [1.54, 1.807) is 0 Å². The molecule has 2 N–H and O–H groups in total. The Morgan fingerprint density at radius 2 is 1.75 bits per heavy atom. The number of hydrogen-bond acceptors (Lipinski definition) is 4. The second-order valence-corrected chi connectivity index (χ2v) is 8.21. The van der Waals surface area contributed by atoms with Crippen molar-refractivity contribution in [2.45, 2.75) is 58.5 Å². The number of aryl methyl sites for hydroxylation is 2. The highest BCUT2D eigenvalue weighted by Crippen LogP contribution is 2.28. The molecule has 0 saturated heterocycles. The lowest BCUT2D eigenvalue weighted by atomic mass is 10.1. The maximum atomic E-state index is 12.1. The van der Waals surface area contributed by atoms with E-state index in [-0.39, 0.29) is 5.97 Å². The van der Waals surface area contributed by atoms with Gasteiger partial charge in [-0.1, -0.05) is 36.8 Å². The minimum atomic E-state index is -0.497. The molecule has 3 nitrogen and oxygen atoms in total. The minimum absolute atomic E-state index is 0.327. The predicted molar refractivity (Wildman–Crippen MR) is 102 cm³/mol. The summed E-state index contributed by atoms with van der Waals surface area (Å²) in [5.41, 5.74) is 7.39. The number of thiophene rings is 1. The Bertz CT molecular complexity index is 656. The molecule has 24 heavy (non-hydrogen) atoms. The maximum Gasteiger partial charge on any atom is 0.341 e. The summed E-state index contributed by atoms with van der Waals surface area (Å²) in [6.45, 7) is 5.59. The summed E-state index contributed by atoms with van der Waals surface area (Å²) < 4.78 is 5.40. The van der Waals surface area contributed by atoms with Crippen molar-refractivity contribution in [1.29, 1.82) is 0 Å². The zero-order chi connectivity index (χ0) is 17.6. The second-order valence-electron chi connectivity index (χ2n) is 7.04. The molecule has 1 heterocycles. The van der Waals surface area contributed by atoms with Crippen molar-refractivity contribution >= 4 is 22.3 Å². The van der Waals surface area contributed by atoms with Crippen molar-refractivity contribution < 1.29 is 9.53 Å². The van der Waals surface area contributed by atoms with Gasteiger partial charge in [0, 0.05) is 4.88 Å². The smallest absolute Gasteiger partial charge is 0.341 e. The van der Waals surface area contributed by atoms with E-state index in [0.717, 1.165) is 24.1 Å². The van der Waals surface area contributed by atoms with Crippen molar-refractivity contribution in [2.75, 3.05) is 5.73 Å². The fourth-order valence-corrected chi connectivity index (χ4v) is 3.48. The van der Waals surface area contributed by atoms with E-state index in [4.69, 9.17) is 10.5 Å². The Balaban J connectivity index is 1.77. The van der Waals surface area contributed by atoms with Gasteiger partial charge in [0.25, 0.3) is 0 Å².